The lowest BCUT2D eigenvalue weighted by Gasteiger charge is -2.19. The number of carbonyl (C=O) groups is 1. The molecule has 1 N–H and O–H groups in total. The average molecular weight is 363 g/mol. The van der Waals surface area contributed by atoms with Crippen molar-refractivity contribution in [2.45, 2.75) is 26.3 Å². The molecule has 0 saturated carbocycles. The van der Waals surface area contributed by atoms with E-state index < -0.39 is 4.92 Å². The number of nitro benzene ring substituents is 1. The largest absolute Gasteiger partial charge is 0.496 e. The fourth-order valence-electron chi connectivity index (χ4n) is 2.57. The number of nitrogens with zero attached hydrogens (tertiary/aromatic N) is 1. The highest BCUT2D eigenvalue weighted by molar-refractivity contribution is 6.32. The molecule has 0 aromatic heterocycles. The monoisotopic (exact) mass is 362 g/mol. The van der Waals surface area contributed by atoms with Gasteiger partial charge in [-0.2, -0.15) is 0 Å². The van der Waals surface area contributed by atoms with Crippen LogP contribution in [0.2, 0.25) is 5.02 Å². The second kappa shape index (κ2) is 7.98. The van der Waals surface area contributed by atoms with Gasteiger partial charge in [-0.1, -0.05) is 30.7 Å². The lowest BCUT2D eigenvalue weighted by molar-refractivity contribution is -0.384. The van der Waals surface area contributed by atoms with Crippen molar-refractivity contribution in [3.63, 3.8) is 0 Å². The Morgan fingerprint density at radius 2 is 2.04 bits per heavy atom. The standard InChI is InChI=1S/C18H19ClN2O4/c1-4-15(12-6-8-17(25-3)11(2)9-12)20-18(22)13-5-7-14(19)16(10-13)21(23)24/h5-10,15H,4H2,1-3H3,(H,20,22)/t15-/m1/s1. The number of benzene rings is 2. The number of carbonyl (C=O) groups excluding carboxylic acids is 1. The Labute approximate surface area is 150 Å². The summed E-state index contributed by atoms with van der Waals surface area (Å²) in [6, 6.07) is 9.49. The van der Waals surface area contributed by atoms with Gasteiger partial charge < -0.3 is 10.1 Å². The summed E-state index contributed by atoms with van der Waals surface area (Å²) in [5.74, 6) is 0.387. The SMILES string of the molecule is CC[C@@H](NC(=O)c1ccc(Cl)c([N+](=O)[O-])c1)c1ccc(OC)c(C)c1. The number of hydrogen-bond acceptors (Lipinski definition) is 4. The van der Waals surface area contributed by atoms with Gasteiger partial charge in [0.15, 0.2) is 0 Å². The highest BCUT2D eigenvalue weighted by Gasteiger charge is 2.19. The predicted octanol–water partition coefficient (Wildman–Crippen LogP) is 4.45. The summed E-state index contributed by atoms with van der Waals surface area (Å²) >= 11 is 5.79. The molecule has 7 heteroatoms. The Morgan fingerprint density at radius 3 is 2.60 bits per heavy atom. The maximum atomic E-state index is 12.5. The zero-order valence-electron chi connectivity index (χ0n) is 14.2. The van der Waals surface area contributed by atoms with E-state index in [0.29, 0.717) is 6.42 Å². The van der Waals surface area contributed by atoms with Crippen molar-refractivity contribution in [3.8, 4) is 5.75 Å². The normalized spacial score (nSPS) is 11.7. The lowest BCUT2D eigenvalue weighted by atomic mass is 10.0. The maximum absolute atomic E-state index is 12.5. The molecule has 0 spiro atoms. The van der Waals surface area contributed by atoms with Gasteiger partial charge in [0.05, 0.1) is 18.1 Å². The second-order valence-corrected chi connectivity index (χ2v) is 5.99. The van der Waals surface area contributed by atoms with Crippen LogP contribution in [0, 0.1) is 17.0 Å². The van der Waals surface area contributed by atoms with Crippen molar-refractivity contribution in [3.05, 3.63) is 68.2 Å². The number of halogens is 1. The first kappa shape index (κ1) is 18.7. The van der Waals surface area contributed by atoms with Crippen molar-refractivity contribution in [1.82, 2.24) is 5.32 Å². The molecular weight excluding hydrogens is 344 g/mol. The van der Waals surface area contributed by atoms with Crippen molar-refractivity contribution in [2.75, 3.05) is 7.11 Å². The van der Waals surface area contributed by atoms with Gasteiger partial charge >= 0.3 is 0 Å². The van der Waals surface area contributed by atoms with Crippen LogP contribution >= 0.6 is 11.6 Å². The van der Waals surface area contributed by atoms with Crippen LogP contribution < -0.4 is 10.1 Å². The maximum Gasteiger partial charge on any atom is 0.288 e. The van der Waals surface area contributed by atoms with E-state index in [2.05, 4.69) is 5.32 Å². The molecule has 0 aliphatic heterocycles. The number of nitro groups is 1. The first-order valence-electron chi connectivity index (χ1n) is 7.76. The van der Waals surface area contributed by atoms with E-state index in [0.717, 1.165) is 16.9 Å². The van der Waals surface area contributed by atoms with Crippen LogP contribution in [0.4, 0.5) is 5.69 Å². The zero-order chi connectivity index (χ0) is 18.6. The molecule has 0 bridgehead atoms. The fourth-order valence-corrected chi connectivity index (χ4v) is 2.76. The minimum absolute atomic E-state index is 0.000583. The first-order valence-corrected chi connectivity index (χ1v) is 8.14. The molecule has 0 radical (unpaired) electrons. The van der Waals surface area contributed by atoms with E-state index in [-0.39, 0.29) is 28.2 Å². The van der Waals surface area contributed by atoms with Crippen LogP contribution in [-0.2, 0) is 0 Å². The van der Waals surface area contributed by atoms with Crippen LogP contribution in [-0.4, -0.2) is 17.9 Å². The lowest BCUT2D eigenvalue weighted by Crippen LogP contribution is -2.28. The highest BCUT2D eigenvalue weighted by atomic mass is 35.5. The van der Waals surface area contributed by atoms with Crippen molar-refractivity contribution in [2.24, 2.45) is 0 Å². The van der Waals surface area contributed by atoms with Gasteiger partial charge in [0.2, 0.25) is 0 Å². The van der Waals surface area contributed by atoms with Gasteiger partial charge in [0.25, 0.3) is 11.6 Å². The molecular formula is C18H19ClN2O4. The van der Waals surface area contributed by atoms with E-state index in [9.17, 15) is 14.9 Å². The summed E-state index contributed by atoms with van der Waals surface area (Å²) < 4.78 is 5.25. The van der Waals surface area contributed by atoms with E-state index in [1.165, 1.54) is 18.2 Å². The fraction of sp³-hybridized carbons (Fsp3) is 0.278. The van der Waals surface area contributed by atoms with E-state index in [1.54, 1.807) is 7.11 Å². The van der Waals surface area contributed by atoms with Crippen molar-refractivity contribution >= 4 is 23.2 Å². The summed E-state index contributed by atoms with van der Waals surface area (Å²) in [6.07, 6.45) is 0.674. The first-order chi connectivity index (χ1) is 11.9. The molecule has 2 rings (SSSR count). The highest BCUT2D eigenvalue weighted by Crippen LogP contribution is 2.27. The number of nitrogens with one attached hydrogen (secondary N) is 1. The molecule has 25 heavy (non-hydrogen) atoms. The zero-order valence-corrected chi connectivity index (χ0v) is 15.0. The molecule has 6 nitrogen and oxygen atoms in total. The van der Waals surface area contributed by atoms with E-state index in [4.69, 9.17) is 16.3 Å². The molecule has 1 amide bonds. The van der Waals surface area contributed by atoms with E-state index in [1.807, 2.05) is 32.0 Å². The van der Waals surface area contributed by atoms with Gasteiger partial charge in [0.1, 0.15) is 10.8 Å². The molecule has 0 heterocycles. The molecule has 0 saturated heterocycles. The summed E-state index contributed by atoms with van der Waals surface area (Å²) in [5.41, 5.74) is 1.81. The van der Waals surface area contributed by atoms with Crippen LogP contribution in [0.15, 0.2) is 36.4 Å². The quantitative estimate of drug-likeness (QED) is 0.608. The van der Waals surface area contributed by atoms with Gasteiger partial charge in [-0.25, -0.2) is 0 Å². The average Bonchev–Trinajstić information content (AvgIpc) is 2.59. The van der Waals surface area contributed by atoms with Gasteiger partial charge in [-0.05, 0) is 42.7 Å². The van der Waals surface area contributed by atoms with Crippen molar-refractivity contribution in [1.29, 1.82) is 0 Å². The predicted molar refractivity (Wildman–Crippen MR) is 96.3 cm³/mol. The molecule has 2 aromatic rings. The Balaban J connectivity index is 2.24. The number of ether oxygens (including phenoxy) is 1. The topological polar surface area (TPSA) is 81.5 Å². The third-order valence-corrected chi connectivity index (χ3v) is 4.26. The van der Waals surface area contributed by atoms with E-state index >= 15 is 0 Å². The van der Waals surface area contributed by atoms with Gasteiger partial charge in [-0.3, -0.25) is 14.9 Å². The third-order valence-electron chi connectivity index (χ3n) is 3.94. The number of aryl methyl sites for hydroxylation is 1. The molecule has 0 unspecified atom stereocenters. The number of methoxy groups -OCH3 is 1. The minimum atomic E-state index is -0.608. The smallest absolute Gasteiger partial charge is 0.288 e. The van der Waals surface area contributed by atoms with Crippen molar-refractivity contribution < 1.29 is 14.5 Å². The van der Waals surface area contributed by atoms with Gasteiger partial charge in [0, 0.05) is 11.6 Å². The summed E-state index contributed by atoms with van der Waals surface area (Å²) in [4.78, 5) is 22.8. The number of amides is 1. The Hall–Kier alpha value is -2.60. The Morgan fingerprint density at radius 1 is 1.32 bits per heavy atom. The molecule has 1 atom stereocenters. The summed E-state index contributed by atoms with van der Waals surface area (Å²) in [5, 5.41) is 13.9. The van der Waals surface area contributed by atoms with Crippen LogP contribution in [0.3, 0.4) is 0 Å². The Bertz CT molecular complexity index is 808. The molecule has 2 aromatic carbocycles. The molecule has 132 valence electrons. The number of hydrogen-bond donors (Lipinski definition) is 1. The molecule has 0 aliphatic rings. The molecule has 0 aliphatic carbocycles. The second-order valence-electron chi connectivity index (χ2n) is 5.59. The summed E-state index contributed by atoms with van der Waals surface area (Å²) in [6.45, 7) is 3.88. The van der Waals surface area contributed by atoms with Crippen LogP contribution in [0.5, 0.6) is 5.75 Å². The number of rotatable bonds is 6. The molecule has 0 fully saturated rings. The minimum Gasteiger partial charge on any atom is -0.496 e. The Kier molecular flexibility index (Phi) is 5.98. The summed E-state index contributed by atoms with van der Waals surface area (Å²) in [7, 11) is 1.61. The van der Waals surface area contributed by atoms with Crippen LogP contribution in [0.25, 0.3) is 0 Å². The van der Waals surface area contributed by atoms with Gasteiger partial charge in [-0.15, -0.1) is 0 Å². The third kappa shape index (κ3) is 4.28. The van der Waals surface area contributed by atoms with Crippen LogP contribution in [0.1, 0.15) is 40.9 Å².